The molecule has 0 aromatic heterocycles. The quantitative estimate of drug-likeness (QED) is 0.537. The summed E-state index contributed by atoms with van der Waals surface area (Å²) in [5.41, 5.74) is 0. The summed E-state index contributed by atoms with van der Waals surface area (Å²) in [6.45, 7) is 6.65. The van der Waals surface area contributed by atoms with E-state index in [1.807, 2.05) is 0 Å². The highest BCUT2D eigenvalue weighted by molar-refractivity contribution is 7.56. The highest BCUT2D eigenvalue weighted by atomic mass is 31.1. The van der Waals surface area contributed by atoms with Crippen LogP contribution in [0.3, 0.4) is 0 Å². The van der Waals surface area contributed by atoms with Gasteiger partial charge in [0.25, 0.3) is 0 Å². The summed E-state index contributed by atoms with van der Waals surface area (Å²) >= 11 is 0. The minimum atomic E-state index is 0.114. The van der Waals surface area contributed by atoms with Crippen LogP contribution in [0.1, 0.15) is 13.3 Å². The van der Waals surface area contributed by atoms with Gasteiger partial charge in [-0.25, -0.2) is 0 Å². The SMILES string of the molecule is CCC(OC)P(C)C. The van der Waals surface area contributed by atoms with E-state index in [0.29, 0.717) is 5.85 Å². The zero-order valence-corrected chi connectivity index (χ0v) is 7.03. The van der Waals surface area contributed by atoms with E-state index < -0.39 is 0 Å². The van der Waals surface area contributed by atoms with Crippen LogP contribution in [0.4, 0.5) is 0 Å². The van der Waals surface area contributed by atoms with E-state index in [4.69, 9.17) is 4.74 Å². The molecule has 0 heterocycles. The van der Waals surface area contributed by atoms with Crippen LogP contribution in [0, 0.1) is 0 Å². The third-order valence-corrected chi connectivity index (χ3v) is 2.93. The molecule has 8 heavy (non-hydrogen) atoms. The van der Waals surface area contributed by atoms with Gasteiger partial charge in [-0.1, -0.05) is 14.8 Å². The van der Waals surface area contributed by atoms with Gasteiger partial charge < -0.3 is 4.74 Å². The van der Waals surface area contributed by atoms with E-state index >= 15 is 0 Å². The van der Waals surface area contributed by atoms with Gasteiger partial charge in [0.2, 0.25) is 0 Å². The summed E-state index contributed by atoms with van der Waals surface area (Å²) in [7, 11) is 1.90. The number of hydrogen-bond donors (Lipinski definition) is 0. The summed E-state index contributed by atoms with van der Waals surface area (Å²) in [5, 5.41) is 0. The second kappa shape index (κ2) is 4.29. The Morgan fingerprint density at radius 2 is 2.00 bits per heavy atom. The maximum Gasteiger partial charge on any atom is 0.0753 e. The monoisotopic (exact) mass is 134 g/mol. The molecule has 0 N–H and O–H groups in total. The lowest BCUT2D eigenvalue weighted by atomic mass is 10.5. The predicted octanol–water partition coefficient (Wildman–Crippen LogP) is 2.11. The third-order valence-electron chi connectivity index (χ3n) is 1.20. The molecule has 0 aliphatic rings. The van der Waals surface area contributed by atoms with Crippen molar-refractivity contribution in [1.29, 1.82) is 0 Å². The molecule has 0 aliphatic carbocycles. The van der Waals surface area contributed by atoms with Crippen molar-refractivity contribution in [3.63, 3.8) is 0 Å². The average molecular weight is 134 g/mol. The number of rotatable bonds is 3. The standard InChI is InChI=1S/C6H15OP/c1-5-6(7-2)8(3)4/h6H,5H2,1-4H3. The van der Waals surface area contributed by atoms with E-state index in [9.17, 15) is 0 Å². The fraction of sp³-hybridized carbons (Fsp3) is 1.00. The van der Waals surface area contributed by atoms with Gasteiger partial charge in [-0.05, 0) is 19.8 Å². The van der Waals surface area contributed by atoms with Gasteiger partial charge in [-0.2, -0.15) is 0 Å². The fourth-order valence-electron chi connectivity index (χ4n) is 0.743. The van der Waals surface area contributed by atoms with E-state index in [2.05, 4.69) is 20.3 Å². The van der Waals surface area contributed by atoms with Crippen LogP contribution in [-0.2, 0) is 4.74 Å². The highest BCUT2D eigenvalue weighted by Crippen LogP contribution is 2.34. The second-order valence-electron chi connectivity index (χ2n) is 2.06. The maximum atomic E-state index is 5.19. The molecule has 0 rings (SSSR count). The first-order valence-electron chi connectivity index (χ1n) is 2.91. The molecule has 0 aliphatic heterocycles. The second-order valence-corrected chi connectivity index (χ2v) is 4.57. The van der Waals surface area contributed by atoms with Gasteiger partial charge in [-0.3, -0.25) is 0 Å². The summed E-state index contributed by atoms with van der Waals surface area (Å²) in [6, 6.07) is 0. The number of hydrogen-bond acceptors (Lipinski definition) is 1. The molecule has 0 amide bonds. The van der Waals surface area contributed by atoms with Crippen molar-refractivity contribution in [2.45, 2.75) is 19.2 Å². The lowest BCUT2D eigenvalue weighted by Crippen LogP contribution is -2.04. The minimum Gasteiger partial charge on any atom is -0.377 e. The average Bonchev–Trinajstić information content (AvgIpc) is 1.69. The van der Waals surface area contributed by atoms with Crippen LogP contribution in [0.15, 0.2) is 0 Å². The largest absolute Gasteiger partial charge is 0.377 e. The third kappa shape index (κ3) is 2.64. The molecule has 0 fully saturated rings. The molecule has 2 heteroatoms. The van der Waals surface area contributed by atoms with Crippen molar-refractivity contribution >= 4 is 7.92 Å². The Kier molecular flexibility index (Phi) is 4.50. The lowest BCUT2D eigenvalue weighted by molar-refractivity contribution is 0.166. The summed E-state index contributed by atoms with van der Waals surface area (Å²) < 4.78 is 5.19. The minimum absolute atomic E-state index is 0.114. The van der Waals surface area contributed by atoms with E-state index in [-0.39, 0.29) is 7.92 Å². The molecule has 0 bridgehead atoms. The molecule has 0 spiro atoms. The Balaban J connectivity index is 3.35. The van der Waals surface area contributed by atoms with Crippen molar-refractivity contribution in [2.24, 2.45) is 0 Å². The molecular formula is C6H15OP. The maximum absolute atomic E-state index is 5.19. The molecule has 0 aromatic rings. The van der Waals surface area contributed by atoms with Crippen LogP contribution in [0.25, 0.3) is 0 Å². The Morgan fingerprint density at radius 3 is 2.00 bits per heavy atom. The summed E-state index contributed by atoms with van der Waals surface area (Å²) in [5.74, 6) is 0.519. The van der Waals surface area contributed by atoms with Crippen molar-refractivity contribution < 1.29 is 4.74 Å². The van der Waals surface area contributed by atoms with Gasteiger partial charge in [0.1, 0.15) is 0 Å². The molecule has 1 atom stereocenters. The first-order chi connectivity index (χ1) is 3.72. The Bertz CT molecular complexity index is 50.5. The smallest absolute Gasteiger partial charge is 0.0753 e. The first kappa shape index (κ1) is 8.39. The lowest BCUT2D eigenvalue weighted by Gasteiger charge is -2.16. The zero-order chi connectivity index (χ0) is 6.57. The van der Waals surface area contributed by atoms with Gasteiger partial charge in [0.05, 0.1) is 5.85 Å². The van der Waals surface area contributed by atoms with Crippen LogP contribution in [0.2, 0.25) is 0 Å². The molecule has 0 radical (unpaired) electrons. The molecule has 1 unspecified atom stereocenters. The molecule has 0 saturated carbocycles. The Labute approximate surface area is 53.2 Å². The van der Waals surface area contributed by atoms with Crippen LogP contribution in [-0.4, -0.2) is 26.3 Å². The number of ether oxygens (including phenoxy) is 1. The molecule has 50 valence electrons. The Hall–Kier alpha value is 0.390. The van der Waals surface area contributed by atoms with E-state index in [1.54, 1.807) is 7.11 Å². The molecule has 0 aromatic carbocycles. The predicted molar refractivity (Wildman–Crippen MR) is 39.9 cm³/mol. The van der Waals surface area contributed by atoms with Crippen molar-refractivity contribution in [1.82, 2.24) is 0 Å². The van der Waals surface area contributed by atoms with Crippen LogP contribution in [0.5, 0.6) is 0 Å². The first-order valence-corrected chi connectivity index (χ1v) is 5.22. The van der Waals surface area contributed by atoms with Crippen LogP contribution >= 0.6 is 7.92 Å². The summed E-state index contributed by atoms with van der Waals surface area (Å²) in [6.07, 6.45) is 1.15. The van der Waals surface area contributed by atoms with E-state index in [0.717, 1.165) is 6.42 Å². The fourth-order valence-corrected chi connectivity index (χ4v) is 1.89. The Morgan fingerprint density at radius 1 is 1.50 bits per heavy atom. The summed E-state index contributed by atoms with van der Waals surface area (Å²) in [4.78, 5) is 0. The van der Waals surface area contributed by atoms with E-state index in [1.165, 1.54) is 0 Å². The number of methoxy groups -OCH3 is 1. The van der Waals surface area contributed by atoms with Crippen molar-refractivity contribution in [3.8, 4) is 0 Å². The van der Waals surface area contributed by atoms with Crippen LogP contribution < -0.4 is 0 Å². The van der Waals surface area contributed by atoms with Gasteiger partial charge >= 0.3 is 0 Å². The molecular weight excluding hydrogens is 119 g/mol. The topological polar surface area (TPSA) is 9.23 Å². The van der Waals surface area contributed by atoms with Gasteiger partial charge in [-0.15, -0.1) is 0 Å². The van der Waals surface area contributed by atoms with Crippen molar-refractivity contribution in [2.75, 3.05) is 20.4 Å². The van der Waals surface area contributed by atoms with Gasteiger partial charge in [0.15, 0.2) is 0 Å². The van der Waals surface area contributed by atoms with Crippen molar-refractivity contribution in [3.05, 3.63) is 0 Å². The van der Waals surface area contributed by atoms with Gasteiger partial charge in [0, 0.05) is 7.11 Å². The molecule has 0 saturated heterocycles. The zero-order valence-electron chi connectivity index (χ0n) is 6.14. The normalized spacial score (nSPS) is 14.6. The molecule has 1 nitrogen and oxygen atoms in total. The highest BCUT2D eigenvalue weighted by Gasteiger charge is 2.06.